The molecule has 5 aromatic carbocycles. The lowest BCUT2D eigenvalue weighted by molar-refractivity contribution is -0.920. The molecule has 0 saturated carbocycles. The first-order valence-electron chi connectivity index (χ1n) is 18.0. The topological polar surface area (TPSA) is 22.5 Å². The Labute approximate surface area is 286 Å². The van der Waals surface area contributed by atoms with Crippen LogP contribution in [0, 0.1) is 0 Å². The van der Waals surface area contributed by atoms with Gasteiger partial charge in [0.25, 0.3) is 11.3 Å². The van der Waals surface area contributed by atoms with Crippen molar-refractivity contribution in [1.82, 2.24) is 13.7 Å². The zero-order valence-electron chi connectivity index (χ0n) is 27.6. The Morgan fingerprint density at radius 2 is 0.980 bits per heavy atom. The number of aromatic nitrogens is 5. The molecule has 0 aliphatic carbocycles. The fourth-order valence-corrected chi connectivity index (χ4v) is 11.2. The molecule has 10 aromatic rings. The summed E-state index contributed by atoms with van der Waals surface area (Å²) in [5.41, 5.74) is 19.1. The first-order chi connectivity index (χ1) is 24.8. The molecule has 4 aliphatic heterocycles. The maximum atomic E-state index is 2.78. The number of aryl methyl sites for hydroxylation is 2. The molecule has 1 spiro atoms. The van der Waals surface area contributed by atoms with Gasteiger partial charge in [-0.05, 0) is 90.7 Å². The summed E-state index contributed by atoms with van der Waals surface area (Å²) in [5, 5.41) is 8.03. The van der Waals surface area contributed by atoms with E-state index < -0.39 is 5.66 Å². The first kappa shape index (κ1) is 24.9. The number of rotatable bonds is 2. The highest BCUT2D eigenvalue weighted by Crippen LogP contribution is 2.57. The fraction of sp³-hybridized carbons (Fsp3) is 0.111. The summed E-state index contributed by atoms with van der Waals surface area (Å²) in [6, 6.07) is 44.2. The summed E-state index contributed by atoms with van der Waals surface area (Å²) in [5.74, 6) is 0. The van der Waals surface area contributed by atoms with Crippen LogP contribution >= 0.6 is 0 Å². The first-order valence-corrected chi connectivity index (χ1v) is 18.0. The molecule has 5 aromatic heterocycles. The molecule has 0 radical (unpaired) electrons. The second-order valence-corrected chi connectivity index (χ2v) is 14.6. The van der Waals surface area contributed by atoms with Gasteiger partial charge in [0.05, 0.1) is 27.5 Å². The molecule has 0 bridgehead atoms. The monoisotopic (exact) mass is 639 g/mol. The predicted octanol–water partition coefficient (Wildman–Crippen LogP) is 8.90. The molecule has 1 atom stereocenters. The van der Waals surface area contributed by atoms with Crippen LogP contribution in [0.2, 0.25) is 0 Å². The molecule has 9 heterocycles. The van der Waals surface area contributed by atoms with E-state index >= 15 is 0 Å². The minimum atomic E-state index is -0.611. The van der Waals surface area contributed by atoms with E-state index in [0.29, 0.717) is 0 Å². The van der Waals surface area contributed by atoms with Crippen molar-refractivity contribution >= 4 is 65.7 Å². The van der Waals surface area contributed by atoms with Crippen LogP contribution in [-0.4, -0.2) is 13.7 Å². The molecular formula is C45H29N5+2. The van der Waals surface area contributed by atoms with Crippen molar-refractivity contribution in [3.63, 3.8) is 0 Å². The Balaban J connectivity index is 1.40. The lowest BCUT2D eigenvalue weighted by Gasteiger charge is -2.39. The number of pyridine rings is 2. The SMILES string of the molecule is CCc1cc2[n+]3c4c1c1ccccc1n4-c1cccc4c1C31c3c(ccc5c6ccccc6n-4c35)-n3c4ccccc4c4c(CC)cc-2[n+]1c43. The van der Waals surface area contributed by atoms with E-state index in [1.165, 1.54) is 116 Å². The third-order valence-electron chi connectivity index (χ3n) is 12.8. The zero-order valence-corrected chi connectivity index (χ0v) is 27.6. The van der Waals surface area contributed by atoms with Crippen LogP contribution in [0.5, 0.6) is 0 Å². The van der Waals surface area contributed by atoms with Crippen molar-refractivity contribution in [3.05, 3.63) is 138 Å². The number of para-hydroxylation sites is 3. The molecule has 5 nitrogen and oxygen atoms in total. The molecule has 0 N–H and O–H groups in total. The molecule has 14 rings (SSSR count). The van der Waals surface area contributed by atoms with Gasteiger partial charge >= 0.3 is 5.66 Å². The Hall–Kier alpha value is -6.20. The lowest BCUT2D eigenvalue weighted by Crippen LogP contribution is -2.75. The molecule has 0 saturated heterocycles. The van der Waals surface area contributed by atoms with Crippen LogP contribution in [-0.2, 0) is 18.5 Å². The molecule has 50 heavy (non-hydrogen) atoms. The van der Waals surface area contributed by atoms with Crippen molar-refractivity contribution in [2.75, 3.05) is 0 Å². The summed E-state index contributed by atoms with van der Waals surface area (Å²) in [4.78, 5) is 0. The second kappa shape index (κ2) is 7.66. The van der Waals surface area contributed by atoms with Gasteiger partial charge in [0.2, 0.25) is 0 Å². The van der Waals surface area contributed by atoms with E-state index in [0.717, 1.165) is 12.8 Å². The Morgan fingerprint density at radius 1 is 0.480 bits per heavy atom. The normalized spacial score (nSPS) is 16.8. The summed E-state index contributed by atoms with van der Waals surface area (Å²) in [6.45, 7) is 4.64. The number of hydrogen-bond donors (Lipinski definition) is 0. The van der Waals surface area contributed by atoms with Gasteiger partial charge in [-0.15, -0.1) is 0 Å². The Kier molecular flexibility index (Phi) is 3.81. The third kappa shape index (κ3) is 2.20. The highest BCUT2D eigenvalue weighted by atomic mass is 15.4. The van der Waals surface area contributed by atoms with E-state index in [4.69, 9.17) is 0 Å². The van der Waals surface area contributed by atoms with E-state index in [9.17, 15) is 0 Å². The van der Waals surface area contributed by atoms with Gasteiger partial charge < -0.3 is 4.57 Å². The van der Waals surface area contributed by atoms with Gasteiger partial charge in [0.15, 0.2) is 11.4 Å². The van der Waals surface area contributed by atoms with E-state index in [1.54, 1.807) is 0 Å². The maximum Gasteiger partial charge on any atom is 0.319 e. The van der Waals surface area contributed by atoms with Crippen LogP contribution in [0.15, 0.2) is 115 Å². The van der Waals surface area contributed by atoms with Crippen LogP contribution < -0.4 is 9.13 Å². The largest absolute Gasteiger partial charge is 0.319 e. The highest BCUT2D eigenvalue weighted by molar-refractivity contribution is 6.16. The van der Waals surface area contributed by atoms with E-state index in [2.05, 4.69) is 152 Å². The average Bonchev–Trinajstić information content (AvgIpc) is 3.88. The van der Waals surface area contributed by atoms with Crippen LogP contribution in [0.4, 0.5) is 0 Å². The molecule has 4 aliphatic rings. The van der Waals surface area contributed by atoms with Gasteiger partial charge in [0.1, 0.15) is 33.5 Å². The number of nitrogens with zero attached hydrogens (tertiary/aromatic N) is 5. The average molecular weight is 640 g/mol. The van der Waals surface area contributed by atoms with Crippen molar-refractivity contribution < 1.29 is 9.13 Å². The number of benzene rings is 5. The van der Waals surface area contributed by atoms with Gasteiger partial charge in [0, 0.05) is 21.5 Å². The van der Waals surface area contributed by atoms with E-state index in [1.807, 2.05) is 0 Å². The van der Waals surface area contributed by atoms with Crippen molar-refractivity contribution in [3.8, 4) is 28.5 Å². The third-order valence-corrected chi connectivity index (χ3v) is 12.8. The van der Waals surface area contributed by atoms with Crippen LogP contribution in [0.3, 0.4) is 0 Å². The molecule has 0 amide bonds. The Morgan fingerprint density at radius 3 is 1.56 bits per heavy atom. The smallest absolute Gasteiger partial charge is 0.308 e. The molecule has 1 unspecified atom stereocenters. The van der Waals surface area contributed by atoms with Crippen LogP contribution in [0.25, 0.3) is 94.1 Å². The number of fused-ring (bicyclic) bond motifs is 13. The minimum absolute atomic E-state index is 0.611. The molecule has 5 heteroatoms. The summed E-state index contributed by atoms with van der Waals surface area (Å²) >= 11 is 0. The standard InChI is InChI=1S/C45H29N5/c1-3-24-22-36-37-23-25(4-2)39-29-14-7-10-17-32(29)48-35-21-20-27-26-12-5-8-15-30(26)46-33-18-11-19-34-40(33)45(41(35)42(27)46,50(37)44(39)48)49(36)43-38(24)28-13-6-9-16-31(28)47(34)43/h5-23H,3-4H2,1-2H3/q+2. The minimum Gasteiger partial charge on any atom is -0.308 e. The van der Waals surface area contributed by atoms with E-state index in [-0.39, 0.29) is 0 Å². The van der Waals surface area contributed by atoms with Crippen molar-refractivity contribution in [1.29, 1.82) is 0 Å². The van der Waals surface area contributed by atoms with Crippen LogP contribution in [0.1, 0.15) is 36.1 Å². The molecular weight excluding hydrogens is 611 g/mol. The molecule has 232 valence electrons. The maximum absolute atomic E-state index is 2.78. The Bertz CT molecular complexity index is 3330. The van der Waals surface area contributed by atoms with Crippen molar-refractivity contribution in [2.45, 2.75) is 32.4 Å². The molecule has 0 fully saturated rings. The zero-order chi connectivity index (χ0) is 32.4. The summed E-state index contributed by atoms with van der Waals surface area (Å²) < 4.78 is 13.4. The lowest BCUT2D eigenvalue weighted by atomic mass is 9.81. The second-order valence-electron chi connectivity index (χ2n) is 14.6. The van der Waals surface area contributed by atoms with Gasteiger partial charge in [-0.1, -0.05) is 62.4 Å². The highest BCUT2D eigenvalue weighted by Gasteiger charge is 2.68. The van der Waals surface area contributed by atoms with Gasteiger partial charge in [-0.2, -0.15) is 18.3 Å². The summed E-state index contributed by atoms with van der Waals surface area (Å²) in [6.07, 6.45) is 1.94. The van der Waals surface area contributed by atoms with Gasteiger partial charge in [-0.3, -0.25) is 0 Å². The number of hydrogen-bond acceptors (Lipinski definition) is 0. The quantitative estimate of drug-likeness (QED) is 0.169. The summed E-state index contributed by atoms with van der Waals surface area (Å²) in [7, 11) is 0. The fourth-order valence-electron chi connectivity index (χ4n) is 11.2. The predicted molar refractivity (Wildman–Crippen MR) is 199 cm³/mol. The van der Waals surface area contributed by atoms with Crippen molar-refractivity contribution in [2.24, 2.45) is 0 Å². The van der Waals surface area contributed by atoms with Gasteiger partial charge in [-0.25, -0.2) is 0 Å².